The first-order valence-electron chi connectivity index (χ1n) is 5.56. The van der Waals surface area contributed by atoms with E-state index >= 15 is 0 Å². The molecule has 100 valence electrons. The van der Waals surface area contributed by atoms with Gasteiger partial charge in [-0.2, -0.15) is 0 Å². The second-order valence-electron chi connectivity index (χ2n) is 3.85. The summed E-state index contributed by atoms with van der Waals surface area (Å²) in [5.41, 5.74) is 0.415. The van der Waals surface area contributed by atoms with Gasteiger partial charge in [-0.15, -0.1) is 0 Å². The van der Waals surface area contributed by atoms with Crippen LogP contribution in [0.25, 0.3) is 0 Å². The third kappa shape index (κ3) is 3.22. The summed E-state index contributed by atoms with van der Waals surface area (Å²) in [6, 6.07) is 13.3. The highest BCUT2D eigenvalue weighted by Gasteiger charge is 2.13. The lowest BCUT2D eigenvalue weighted by Crippen LogP contribution is -1.97. The molecule has 0 saturated carbocycles. The van der Waals surface area contributed by atoms with Crippen molar-refractivity contribution in [2.75, 3.05) is 0 Å². The molecule has 0 heterocycles. The van der Waals surface area contributed by atoms with Crippen molar-refractivity contribution in [2.45, 2.75) is 4.90 Å². The molecule has 0 aliphatic carbocycles. The molecule has 0 aliphatic rings. The van der Waals surface area contributed by atoms with E-state index in [1.807, 2.05) is 0 Å². The van der Waals surface area contributed by atoms with E-state index in [0.717, 1.165) is 12.1 Å². The third-order valence-electron chi connectivity index (χ3n) is 2.46. The molecule has 0 radical (unpaired) electrons. The minimum atomic E-state index is -3.78. The van der Waals surface area contributed by atoms with Crippen LogP contribution in [-0.4, -0.2) is 13.3 Å². The molecular weight excluding hydrogens is 278 g/mol. The third-order valence-corrected chi connectivity index (χ3v) is 3.72. The van der Waals surface area contributed by atoms with Gasteiger partial charge in [0.05, 0.1) is 9.82 Å². The zero-order chi connectivity index (χ0) is 14.6. The lowest BCUT2D eigenvalue weighted by atomic mass is 10.2. The molecule has 0 aliphatic heterocycles. The molecule has 0 atom stereocenters. The maximum Gasteiger partial charge on any atom is 0.269 e. The van der Waals surface area contributed by atoms with E-state index in [2.05, 4.69) is 11.2 Å². The molecule has 6 heteroatoms. The maximum atomic E-state index is 11.9. The summed E-state index contributed by atoms with van der Waals surface area (Å²) in [4.78, 5) is 9.85. The van der Waals surface area contributed by atoms with Crippen LogP contribution in [0.4, 0.5) is 5.69 Å². The molecule has 2 aromatic rings. The van der Waals surface area contributed by atoms with Gasteiger partial charge in [-0.25, -0.2) is 8.42 Å². The van der Waals surface area contributed by atoms with Crippen LogP contribution < -0.4 is 0 Å². The Labute approximate surface area is 115 Å². The van der Waals surface area contributed by atoms with E-state index in [4.69, 9.17) is 0 Å². The molecule has 20 heavy (non-hydrogen) atoms. The Morgan fingerprint density at radius 1 is 0.950 bits per heavy atom. The number of nitro benzene ring substituents is 1. The van der Waals surface area contributed by atoms with Crippen molar-refractivity contribution in [3.8, 4) is 11.2 Å². The molecule has 0 bridgehead atoms. The number of rotatable bonds is 2. The number of nitro groups is 1. The van der Waals surface area contributed by atoms with Crippen LogP contribution in [0.15, 0.2) is 59.5 Å². The summed E-state index contributed by atoms with van der Waals surface area (Å²) in [5.74, 6) is 2.55. The smallest absolute Gasteiger partial charge is 0.258 e. The predicted octanol–water partition coefficient (Wildman–Crippen LogP) is 2.38. The minimum absolute atomic E-state index is 0.0634. The molecular formula is C14H9NO4S. The summed E-state index contributed by atoms with van der Waals surface area (Å²) < 4.78 is 23.9. The van der Waals surface area contributed by atoms with Gasteiger partial charge in [0.25, 0.3) is 5.69 Å². The quantitative estimate of drug-likeness (QED) is 0.482. The van der Waals surface area contributed by atoms with Crippen LogP contribution in [-0.2, 0) is 9.84 Å². The summed E-state index contributed by atoms with van der Waals surface area (Å²) in [5, 5.41) is 12.7. The summed E-state index contributed by atoms with van der Waals surface area (Å²) in [6.45, 7) is 0. The lowest BCUT2D eigenvalue weighted by Gasteiger charge is -1.96. The fourth-order valence-electron chi connectivity index (χ4n) is 1.45. The van der Waals surface area contributed by atoms with Gasteiger partial charge in [-0.1, -0.05) is 18.2 Å². The van der Waals surface area contributed by atoms with Gasteiger partial charge in [0.2, 0.25) is 9.84 Å². The first-order valence-corrected chi connectivity index (χ1v) is 7.05. The molecule has 0 N–H and O–H groups in total. The zero-order valence-electron chi connectivity index (χ0n) is 10.2. The molecule has 2 rings (SSSR count). The van der Waals surface area contributed by atoms with E-state index < -0.39 is 14.8 Å². The van der Waals surface area contributed by atoms with Crippen molar-refractivity contribution in [2.24, 2.45) is 0 Å². The molecule has 0 aromatic heterocycles. The van der Waals surface area contributed by atoms with E-state index in [1.54, 1.807) is 30.3 Å². The number of sulfone groups is 1. The average molecular weight is 287 g/mol. The van der Waals surface area contributed by atoms with Gasteiger partial charge < -0.3 is 0 Å². The number of hydrogen-bond acceptors (Lipinski definition) is 4. The van der Waals surface area contributed by atoms with Gasteiger partial charge >= 0.3 is 0 Å². The highest BCUT2D eigenvalue weighted by Crippen LogP contribution is 2.16. The number of hydrogen-bond donors (Lipinski definition) is 0. The molecule has 0 unspecified atom stereocenters. The van der Waals surface area contributed by atoms with Crippen molar-refractivity contribution < 1.29 is 13.3 Å². The standard InChI is InChI=1S/C14H9NO4S/c16-15(17)13-6-8-14(9-7-13)20(18,19)11-10-12-4-2-1-3-5-12/h1-9H. The van der Waals surface area contributed by atoms with Crippen molar-refractivity contribution in [1.82, 2.24) is 0 Å². The van der Waals surface area contributed by atoms with E-state index in [1.165, 1.54) is 12.1 Å². The Morgan fingerprint density at radius 3 is 2.10 bits per heavy atom. The Bertz CT molecular complexity index is 785. The normalized spacial score (nSPS) is 10.4. The zero-order valence-corrected chi connectivity index (χ0v) is 11.0. The number of non-ortho nitro benzene ring substituents is 1. The Balaban J connectivity index is 2.32. The van der Waals surface area contributed by atoms with Crippen LogP contribution in [0.5, 0.6) is 0 Å². The molecule has 5 nitrogen and oxygen atoms in total. The maximum absolute atomic E-state index is 11.9. The molecule has 0 saturated heterocycles. The van der Waals surface area contributed by atoms with E-state index in [9.17, 15) is 18.5 Å². The van der Waals surface area contributed by atoms with Crippen LogP contribution in [0, 0.1) is 21.3 Å². The largest absolute Gasteiger partial charge is 0.269 e. The van der Waals surface area contributed by atoms with Crippen molar-refractivity contribution >= 4 is 15.5 Å². The first-order chi connectivity index (χ1) is 9.49. The van der Waals surface area contributed by atoms with Crippen LogP contribution in [0.1, 0.15) is 5.56 Å². The van der Waals surface area contributed by atoms with Gasteiger partial charge in [0.15, 0.2) is 0 Å². The van der Waals surface area contributed by atoms with Gasteiger partial charge in [-0.05, 0) is 30.2 Å². The van der Waals surface area contributed by atoms with Gasteiger partial charge in [0, 0.05) is 22.9 Å². The van der Waals surface area contributed by atoms with Crippen molar-refractivity contribution in [3.63, 3.8) is 0 Å². The van der Waals surface area contributed by atoms with Gasteiger partial charge in [0.1, 0.15) is 0 Å². The minimum Gasteiger partial charge on any atom is -0.258 e. The summed E-state index contributed by atoms with van der Waals surface area (Å²) in [7, 11) is -3.78. The van der Waals surface area contributed by atoms with E-state index in [0.29, 0.717) is 5.56 Å². The monoisotopic (exact) mass is 287 g/mol. The average Bonchev–Trinajstić information content (AvgIpc) is 2.46. The predicted molar refractivity (Wildman–Crippen MR) is 73.6 cm³/mol. The molecule has 0 fully saturated rings. The van der Waals surface area contributed by atoms with Crippen LogP contribution in [0.3, 0.4) is 0 Å². The fraction of sp³-hybridized carbons (Fsp3) is 0. The topological polar surface area (TPSA) is 77.3 Å². The second kappa shape index (κ2) is 5.55. The summed E-state index contributed by atoms with van der Waals surface area (Å²) >= 11 is 0. The SMILES string of the molecule is O=[N+]([O-])c1ccc(S(=O)(=O)C#Cc2ccccc2)cc1. The first kappa shape index (κ1) is 13.8. The second-order valence-corrected chi connectivity index (χ2v) is 5.53. The number of nitrogens with zero attached hydrogens (tertiary/aromatic N) is 1. The van der Waals surface area contributed by atoms with Crippen molar-refractivity contribution in [3.05, 3.63) is 70.3 Å². The Kier molecular flexibility index (Phi) is 3.82. The van der Waals surface area contributed by atoms with Crippen LogP contribution in [0.2, 0.25) is 0 Å². The molecule has 2 aromatic carbocycles. The molecule has 0 amide bonds. The fourth-order valence-corrected chi connectivity index (χ4v) is 2.32. The van der Waals surface area contributed by atoms with Crippen LogP contribution >= 0.6 is 0 Å². The lowest BCUT2D eigenvalue weighted by molar-refractivity contribution is -0.384. The highest BCUT2D eigenvalue weighted by atomic mass is 32.2. The van der Waals surface area contributed by atoms with Gasteiger partial charge in [-0.3, -0.25) is 10.1 Å². The highest BCUT2D eigenvalue weighted by molar-refractivity contribution is 7.96. The van der Waals surface area contributed by atoms with Crippen molar-refractivity contribution in [1.29, 1.82) is 0 Å². The summed E-state index contributed by atoms with van der Waals surface area (Å²) in [6.07, 6.45) is 0. The van der Waals surface area contributed by atoms with E-state index in [-0.39, 0.29) is 10.6 Å². The molecule has 0 spiro atoms. The Morgan fingerprint density at radius 2 is 1.55 bits per heavy atom. The number of benzene rings is 2. The Hall–Kier alpha value is -2.65.